The molecule has 28 heavy (non-hydrogen) atoms. The van der Waals surface area contributed by atoms with Gasteiger partial charge in [-0.2, -0.15) is 0 Å². The van der Waals surface area contributed by atoms with Crippen LogP contribution in [0.1, 0.15) is 43.9 Å². The molecule has 3 rings (SSSR count). The molecule has 2 aromatic rings. The molecule has 2 unspecified atom stereocenters. The number of hydrogen-bond donors (Lipinski definition) is 2. The van der Waals surface area contributed by atoms with Crippen LogP contribution in [-0.4, -0.2) is 19.0 Å². The lowest BCUT2D eigenvalue weighted by Crippen LogP contribution is -2.49. The monoisotopic (exact) mass is 438 g/mol. The van der Waals surface area contributed by atoms with Gasteiger partial charge in [-0.1, -0.05) is 53.9 Å². The van der Waals surface area contributed by atoms with Crippen molar-refractivity contribution in [3.63, 3.8) is 0 Å². The fraction of sp³-hybridized carbons (Fsp3) is 0.409. The summed E-state index contributed by atoms with van der Waals surface area (Å²) in [5, 5.41) is 8.37. The third kappa shape index (κ3) is 4.65. The Morgan fingerprint density at radius 2 is 1.64 bits per heavy atom. The topological polar surface area (TPSA) is 41.1 Å². The van der Waals surface area contributed by atoms with Gasteiger partial charge in [0.05, 0.1) is 6.04 Å². The second-order valence-corrected chi connectivity index (χ2v) is 8.88. The first kappa shape index (κ1) is 21.4. The molecule has 2 aromatic carbocycles. The fourth-order valence-corrected chi connectivity index (χ4v) is 4.87. The number of carbonyl (C=O) groups is 1. The molecule has 2 N–H and O–H groups in total. The highest BCUT2D eigenvalue weighted by atomic mass is 35.5. The van der Waals surface area contributed by atoms with Gasteiger partial charge in [0.15, 0.2) is 0 Å². The van der Waals surface area contributed by atoms with Crippen molar-refractivity contribution in [2.24, 2.45) is 5.92 Å². The highest BCUT2D eigenvalue weighted by Gasteiger charge is 2.42. The summed E-state index contributed by atoms with van der Waals surface area (Å²) in [5.74, 6) is -0.185. The van der Waals surface area contributed by atoms with E-state index in [0.717, 1.165) is 37.1 Å². The molecule has 1 aliphatic heterocycles. The van der Waals surface area contributed by atoms with Crippen LogP contribution in [-0.2, 0) is 10.2 Å². The molecular formula is C22H25Cl3N2O. The lowest BCUT2D eigenvalue weighted by atomic mass is 9.65. The van der Waals surface area contributed by atoms with Crippen LogP contribution in [0, 0.1) is 5.92 Å². The molecule has 0 spiro atoms. The molecule has 0 saturated carbocycles. The van der Waals surface area contributed by atoms with E-state index in [2.05, 4.69) is 16.7 Å². The zero-order valence-corrected chi connectivity index (χ0v) is 18.3. The number of halogens is 3. The van der Waals surface area contributed by atoms with Gasteiger partial charge in [0.2, 0.25) is 5.91 Å². The third-order valence-electron chi connectivity index (χ3n) is 5.86. The molecule has 150 valence electrons. The van der Waals surface area contributed by atoms with Crippen molar-refractivity contribution >= 4 is 40.7 Å². The normalized spacial score (nSPS) is 18.3. The van der Waals surface area contributed by atoms with Crippen LogP contribution in [0.4, 0.5) is 0 Å². The zero-order chi connectivity index (χ0) is 20.3. The first-order chi connectivity index (χ1) is 13.3. The molecule has 2 atom stereocenters. The van der Waals surface area contributed by atoms with E-state index < -0.39 is 0 Å². The maximum atomic E-state index is 13.2. The molecule has 0 radical (unpaired) electrons. The number of nitrogens with one attached hydrogen (secondary N) is 2. The van der Waals surface area contributed by atoms with Crippen LogP contribution in [0.5, 0.6) is 0 Å². The van der Waals surface area contributed by atoms with Crippen LogP contribution in [0.15, 0.2) is 42.5 Å². The number of benzene rings is 2. The summed E-state index contributed by atoms with van der Waals surface area (Å²) in [6.45, 7) is 5.72. The molecule has 1 aliphatic rings. The van der Waals surface area contributed by atoms with Crippen LogP contribution >= 0.6 is 34.8 Å². The average Bonchev–Trinajstić information content (AvgIpc) is 2.67. The van der Waals surface area contributed by atoms with Gasteiger partial charge in [0.1, 0.15) is 0 Å². The summed E-state index contributed by atoms with van der Waals surface area (Å²) in [7, 11) is 0. The lowest BCUT2D eigenvalue weighted by Gasteiger charge is -2.42. The van der Waals surface area contributed by atoms with E-state index in [9.17, 15) is 4.79 Å². The molecular weight excluding hydrogens is 415 g/mol. The van der Waals surface area contributed by atoms with Crippen LogP contribution in [0.25, 0.3) is 0 Å². The van der Waals surface area contributed by atoms with E-state index >= 15 is 0 Å². The highest BCUT2D eigenvalue weighted by molar-refractivity contribution is 6.34. The van der Waals surface area contributed by atoms with Crippen LogP contribution in [0.2, 0.25) is 15.1 Å². The van der Waals surface area contributed by atoms with Crippen molar-refractivity contribution in [2.45, 2.75) is 38.1 Å². The van der Waals surface area contributed by atoms with Crippen LogP contribution in [0.3, 0.4) is 0 Å². The molecule has 0 aliphatic carbocycles. The van der Waals surface area contributed by atoms with Gasteiger partial charge >= 0.3 is 0 Å². The predicted molar refractivity (Wildman–Crippen MR) is 117 cm³/mol. The van der Waals surface area contributed by atoms with Gasteiger partial charge in [-0.05, 0) is 74.3 Å². The standard InChI is InChI=1S/C22H25Cl3N2O/c1-14(21(28)27-15(2)16-10-19(24)13-20(25)11-16)22(6-8-26-9-7-22)17-4-3-5-18(23)12-17/h3-5,10-15,26H,6-9H2,1-2H3,(H,27,28). The van der Waals surface area contributed by atoms with E-state index in [0.29, 0.717) is 15.1 Å². The smallest absolute Gasteiger partial charge is 0.224 e. The zero-order valence-electron chi connectivity index (χ0n) is 16.1. The summed E-state index contributed by atoms with van der Waals surface area (Å²) >= 11 is 18.5. The highest BCUT2D eigenvalue weighted by Crippen LogP contribution is 2.41. The van der Waals surface area contributed by atoms with E-state index in [1.54, 1.807) is 6.07 Å². The second kappa shape index (κ2) is 9.04. The van der Waals surface area contributed by atoms with Crippen LogP contribution < -0.4 is 10.6 Å². The first-order valence-electron chi connectivity index (χ1n) is 9.55. The Morgan fingerprint density at radius 1 is 1.00 bits per heavy atom. The molecule has 1 heterocycles. The Balaban J connectivity index is 1.84. The van der Waals surface area contributed by atoms with E-state index in [4.69, 9.17) is 34.8 Å². The van der Waals surface area contributed by atoms with Gasteiger partial charge in [0.25, 0.3) is 0 Å². The Labute approximate surface area is 181 Å². The lowest BCUT2D eigenvalue weighted by molar-refractivity contribution is -0.127. The summed E-state index contributed by atoms with van der Waals surface area (Å²) < 4.78 is 0. The third-order valence-corrected chi connectivity index (χ3v) is 6.53. The number of hydrogen-bond acceptors (Lipinski definition) is 2. The molecule has 6 heteroatoms. The van der Waals surface area contributed by atoms with E-state index in [1.807, 2.05) is 44.2 Å². The quantitative estimate of drug-likeness (QED) is 0.620. The Morgan fingerprint density at radius 3 is 2.25 bits per heavy atom. The fourth-order valence-electron chi connectivity index (χ4n) is 4.14. The van der Waals surface area contributed by atoms with Crippen molar-refractivity contribution in [3.8, 4) is 0 Å². The first-order valence-corrected chi connectivity index (χ1v) is 10.7. The second-order valence-electron chi connectivity index (χ2n) is 7.57. The summed E-state index contributed by atoms with van der Waals surface area (Å²) in [6, 6.07) is 13.1. The largest absolute Gasteiger partial charge is 0.349 e. The number of amides is 1. The molecule has 0 bridgehead atoms. The Hall–Kier alpha value is -1.26. The average molecular weight is 440 g/mol. The van der Waals surface area contributed by atoms with Crippen molar-refractivity contribution < 1.29 is 4.79 Å². The minimum absolute atomic E-state index is 0.0190. The van der Waals surface area contributed by atoms with E-state index in [-0.39, 0.29) is 23.3 Å². The minimum Gasteiger partial charge on any atom is -0.349 e. The van der Waals surface area contributed by atoms with Gasteiger partial charge in [0, 0.05) is 26.4 Å². The molecule has 1 amide bonds. The molecule has 0 aromatic heterocycles. The maximum Gasteiger partial charge on any atom is 0.224 e. The maximum absolute atomic E-state index is 13.2. The Kier molecular flexibility index (Phi) is 6.93. The van der Waals surface area contributed by atoms with Gasteiger partial charge in [-0.15, -0.1) is 0 Å². The number of carbonyl (C=O) groups excluding carboxylic acids is 1. The van der Waals surface area contributed by atoms with Gasteiger partial charge < -0.3 is 10.6 Å². The summed E-state index contributed by atoms with van der Waals surface area (Å²) in [6.07, 6.45) is 1.78. The number of rotatable bonds is 5. The predicted octanol–water partition coefficient (Wildman–Crippen LogP) is 5.78. The van der Waals surface area contributed by atoms with Crippen molar-refractivity contribution in [2.75, 3.05) is 13.1 Å². The Bertz CT molecular complexity index is 829. The molecule has 3 nitrogen and oxygen atoms in total. The molecule has 1 fully saturated rings. The van der Waals surface area contributed by atoms with Gasteiger partial charge in [-0.25, -0.2) is 0 Å². The van der Waals surface area contributed by atoms with Gasteiger partial charge in [-0.3, -0.25) is 4.79 Å². The SMILES string of the molecule is CC(NC(=O)C(C)C1(c2cccc(Cl)c2)CCNCC1)c1cc(Cl)cc(Cl)c1. The summed E-state index contributed by atoms with van der Waals surface area (Å²) in [4.78, 5) is 13.2. The molecule has 1 saturated heterocycles. The van der Waals surface area contributed by atoms with Crippen molar-refractivity contribution in [3.05, 3.63) is 68.7 Å². The minimum atomic E-state index is -0.244. The van der Waals surface area contributed by atoms with E-state index in [1.165, 1.54) is 0 Å². The summed E-state index contributed by atoms with van der Waals surface area (Å²) in [5.41, 5.74) is 1.77. The van der Waals surface area contributed by atoms with Crippen molar-refractivity contribution in [1.29, 1.82) is 0 Å². The number of piperidine rings is 1. The van der Waals surface area contributed by atoms with Crippen molar-refractivity contribution in [1.82, 2.24) is 10.6 Å².